The van der Waals surface area contributed by atoms with Crippen LogP contribution < -0.4 is 5.32 Å². The molecular formula is C38H54N2. The summed E-state index contributed by atoms with van der Waals surface area (Å²) in [7, 11) is 0. The molecule has 40 heavy (non-hydrogen) atoms. The van der Waals surface area contributed by atoms with E-state index in [2.05, 4.69) is 162 Å². The van der Waals surface area contributed by atoms with Crippen LogP contribution in [0, 0.1) is 10.8 Å². The van der Waals surface area contributed by atoms with Crippen LogP contribution in [0.25, 0.3) is 0 Å². The lowest BCUT2D eigenvalue weighted by atomic mass is 9.92. The Bertz CT molecular complexity index is 1110. The van der Waals surface area contributed by atoms with Gasteiger partial charge in [-0.15, -0.1) is 0 Å². The molecule has 1 atom stereocenters. The summed E-state index contributed by atoms with van der Waals surface area (Å²) in [6.45, 7) is 19.4. The quantitative estimate of drug-likeness (QED) is 0.294. The van der Waals surface area contributed by atoms with Crippen LogP contribution in [-0.4, -0.2) is 10.9 Å². The van der Waals surface area contributed by atoms with E-state index in [1.165, 1.54) is 11.4 Å². The highest BCUT2D eigenvalue weighted by molar-refractivity contribution is 5.32. The number of hydrogen-bond donors (Lipinski definition) is 1. The third kappa shape index (κ3) is 13.2. The number of nitrogens with zero attached hydrogens (tertiary/aromatic N) is 1. The molecule has 0 amide bonds. The van der Waals surface area contributed by atoms with E-state index < -0.39 is 0 Å². The predicted octanol–water partition coefficient (Wildman–Crippen LogP) is 10.8. The summed E-state index contributed by atoms with van der Waals surface area (Å²) in [5, 5.41) is 3.36. The average Bonchev–Trinajstić information content (AvgIpc) is 2.92. The van der Waals surface area contributed by atoms with E-state index in [0.717, 1.165) is 49.9 Å². The van der Waals surface area contributed by atoms with Crippen LogP contribution in [0.5, 0.6) is 0 Å². The molecule has 3 rings (SSSR count). The minimum Gasteiger partial charge on any atom is -0.356 e. The zero-order chi connectivity index (χ0) is 29.4. The van der Waals surface area contributed by atoms with Gasteiger partial charge in [-0.25, -0.2) is 0 Å². The highest BCUT2D eigenvalue weighted by atomic mass is 15.2. The van der Waals surface area contributed by atoms with Crippen molar-refractivity contribution in [2.45, 2.75) is 93.0 Å². The Morgan fingerprint density at radius 3 is 2.38 bits per heavy atom. The van der Waals surface area contributed by atoms with Gasteiger partial charge in [-0.2, -0.15) is 0 Å². The Morgan fingerprint density at radius 1 is 1.02 bits per heavy atom. The number of nitrogens with one attached hydrogen (secondary N) is 1. The van der Waals surface area contributed by atoms with Gasteiger partial charge in [0.05, 0.1) is 6.04 Å². The van der Waals surface area contributed by atoms with E-state index in [1.807, 2.05) is 6.08 Å². The summed E-state index contributed by atoms with van der Waals surface area (Å²) in [5.41, 5.74) is 5.47. The van der Waals surface area contributed by atoms with E-state index >= 15 is 0 Å². The average molecular weight is 539 g/mol. The molecule has 0 aliphatic heterocycles. The van der Waals surface area contributed by atoms with E-state index in [-0.39, 0.29) is 5.41 Å². The van der Waals surface area contributed by atoms with Crippen LogP contribution in [0.4, 0.5) is 0 Å². The molecule has 0 aromatic rings. The molecule has 0 saturated heterocycles. The van der Waals surface area contributed by atoms with Gasteiger partial charge in [-0.05, 0) is 86.7 Å². The van der Waals surface area contributed by atoms with Crippen molar-refractivity contribution in [2.75, 3.05) is 0 Å². The second kappa shape index (κ2) is 16.8. The van der Waals surface area contributed by atoms with Crippen molar-refractivity contribution >= 4 is 0 Å². The molecule has 0 bridgehead atoms. The summed E-state index contributed by atoms with van der Waals surface area (Å²) in [6, 6.07) is 0.420. The first-order valence-corrected chi connectivity index (χ1v) is 15.0. The Labute approximate surface area is 246 Å². The normalized spacial score (nSPS) is 19.8. The first-order valence-electron chi connectivity index (χ1n) is 15.0. The van der Waals surface area contributed by atoms with Gasteiger partial charge in [0.15, 0.2) is 0 Å². The van der Waals surface area contributed by atoms with Crippen molar-refractivity contribution in [3.05, 3.63) is 133 Å². The molecular weight excluding hydrogens is 484 g/mol. The minimum absolute atomic E-state index is 0.215. The van der Waals surface area contributed by atoms with Gasteiger partial charge in [0.1, 0.15) is 0 Å². The van der Waals surface area contributed by atoms with Crippen molar-refractivity contribution in [2.24, 2.45) is 10.8 Å². The molecule has 3 aliphatic rings. The molecule has 216 valence electrons. The van der Waals surface area contributed by atoms with Crippen LogP contribution in [0.1, 0.15) is 87.0 Å². The van der Waals surface area contributed by atoms with Crippen LogP contribution in [-0.2, 0) is 0 Å². The molecule has 0 heterocycles. The molecule has 1 N–H and O–H groups in total. The van der Waals surface area contributed by atoms with Crippen molar-refractivity contribution < 1.29 is 0 Å². The lowest BCUT2D eigenvalue weighted by Gasteiger charge is -2.36. The van der Waals surface area contributed by atoms with Crippen LogP contribution in [0.15, 0.2) is 133 Å². The molecule has 1 unspecified atom stereocenters. The fraction of sp³-hybridized carbons (Fsp3) is 0.421. The Hall–Kier alpha value is -3.26. The first-order chi connectivity index (χ1) is 19.0. The topological polar surface area (TPSA) is 15.3 Å². The van der Waals surface area contributed by atoms with Gasteiger partial charge in [0.25, 0.3) is 0 Å². The smallest absolute Gasteiger partial charge is 0.0556 e. The van der Waals surface area contributed by atoms with Crippen molar-refractivity contribution in [3.8, 4) is 0 Å². The molecule has 2 nitrogen and oxygen atoms in total. The summed E-state index contributed by atoms with van der Waals surface area (Å²) in [5.74, 6) is 0. The molecule has 0 spiro atoms. The van der Waals surface area contributed by atoms with Crippen LogP contribution in [0.2, 0.25) is 0 Å². The van der Waals surface area contributed by atoms with Gasteiger partial charge in [0.2, 0.25) is 0 Å². The number of hydrogen-bond acceptors (Lipinski definition) is 2. The van der Waals surface area contributed by atoms with Gasteiger partial charge in [-0.3, -0.25) is 0 Å². The zero-order valence-electron chi connectivity index (χ0n) is 26.3. The van der Waals surface area contributed by atoms with Crippen LogP contribution >= 0.6 is 0 Å². The first kappa shape index (κ1) is 32.9. The molecule has 0 saturated carbocycles. The minimum atomic E-state index is 0.215. The fourth-order valence-electron chi connectivity index (χ4n) is 4.44. The van der Waals surface area contributed by atoms with Crippen molar-refractivity contribution in [1.82, 2.24) is 10.2 Å². The maximum atomic E-state index is 3.83. The highest BCUT2D eigenvalue weighted by Gasteiger charge is 2.21. The lowest BCUT2D eigenvalue weighted by Crippen LogP contribution is -2.32. The van der Waals surface area contributed by atoms with Gasteiger partial charge < -0.3 is 10.2 Å². The largest absolute Gasteiger partial charge is 0.356 e. The van der Waals surface area contributed by atoms with E-state index in [4.69, 9.17) is 0 Å². The standard InChI is InChI=1S/C22H31N.C16H23N/c1-5-19(17-12-18-22(2,3)4)23(20-13-8-6-9-14-20)21-15-10-7-11-16-21;1-5-14(12-9-13-16(2,3)4)17-15-10-7-6-8-11-15/h5-10,12-13,15,17,20H,11,14,16,18H2,1-4H3;5,7,9-13,17H,1,6,8H2,2-4H3/b17-12-,19-5+;13-9+,14-12+. The Morgan fingerprint density at radius 2 is 1.82 bits per heavy atom. The summed E-state index contributed by atoms with van der Waals surface area (Å²) >= 11 is 0. The molecule has 0 aromatic heterocycles. The van der Waals surface area contributed by atoms with Gasteiger partial charge in [0, 0.05) is 22.8 Å². The molecule has 0 aromatic carbocycles. The van der Waals surface area contributed by atoms with Gasteiger partial charge >= 0.3 is 0 Å². The van der Waals surface area contributed by atoms with Crippen molar-refractivity contribution in [3.63, 3.8) is 0 Å². The van der Waals surface area contributed by atoms with Crippen LogP contribution in [0.3, 0.4) is 0 Å². The fourth-order valence-corrected chi connectivity index (χ4v) is 4.44. The Balaban J connectivity index is 0.000000294. The third-order valence-electron chi connectivity index (χ3n) is 6.56. The lowest BCUT2D eigenvalue weighted by molar-refractivity contribution is 0.357. The maximum absolute atomic E-state index is 3.83. The van der Waals surface area contributed by atoms with Gasteiger partial charge in [-0.1, -0.05) is 121 Å². The van der Waals surface area contributed by atoms with E-state index in [0.29, 0.717) is 11.5 Å². The predicted molar refractivity (Wildman–Crippen MR) is 178 cm³/mol. The molecule has 2 heteroatoms. The second-order valence-corrected chi connectivity index (χ2v) is 12.8. The Kier molecular flexibility index (Phi) is 13.8. The third-order valence-corrected chi connectivity index (χ3v) is 6.56. The number of rotatable bonds is 9. The maximum Gasteiger partial charge on any atom is 0.0556 e. The summed E-state index contributed by atoms with van der Waals surface area (Å²) < 4.78 is 0. The summed E-state index contributed by atoms with van der Waals surface area (Å²) in [6.07, 6.45) is 43.9. The SMILES string of the molecule is C/C=C(\C=C/CC(C)(C)C)N(C1=CC=CCC1)C1C=CC=CC1.C=C/C(=C\C=C\C(C)(C)C)NC1=CCCC=C1. The van der Waals surface area contributed by atoms with E-state index in [1.54, 1.807) is 0 Å². The van der Waals surface area contributed by atoms with Crippen molar-refractivity contribution in [1.29, 1.82) is 0 Å². The summed E-state index contributed by atoms with van der Waals surface area (Å²) in [4.78, 5) is 2.52. The monoisotopic (exact) mass is 538 g/mol. The molecule has 0 fully saturated rings. The zero-order valence-corrected chi connectivity index (χ0v) is 26.3. The highest BCUT2D eigenvalue weighted by Crippen LogP contribution is 2.29. The van der Waals surface area contributed by atoms with E-state index in [9.17, 15) is 0 Å². The molecule has 3 aliphatic carbocycles. The second-order valence-electron chi connectivity index (χ2n) is 12.8. The molecule has 0 radical (unpaired) electrons. The number of allylic oxidation sites excluding steroid dienone is 16.